The standard InChI is InChI=1S/C16H14Br2O2/c1-3-20-15-5-4-11(9-14(15)18)16(19)12-6-10(2)7-13(17)8-12/h4-9H,3H2,1-2H3. The van der Waals surface area contributed by atoms with Crippen molar-refractivity contribution in [3.8, 4) is 5.75 Å². The Labute approximate surface area is 135 Å². The third-order valence-corrected chi connectivity index (χ3v) is 3.88. The van der Waals surface area contributed by atoms with E-state index in [0.717, 1.165) is 20.3 Å². The molecule has 0 heterocycles. The van der Waals surface area contributed by atoms with Gasteiger partial charge >= 0.3 is 0 Å². The fourth-order valence-electron chi connectivity index (χ4n) is 1.95. The zero-order valence-corrected chi connectivity index (χ0v) is 14.4. The lowest BCUT2D eigenvalue weighted by atomic mass is 10.0. The van der Waals surface area contributed by atoms with Gasteiger partial charge in [-0.15, -0.1) is 0 Å². The summed E-state index contributed by atoms with van der Waals surface area (Å²) in [5, 5.41) is 0. The number of halogens is 2. The van der Waals surface area contributed by atoms with E-state index in [9.17, 15) is 4.79 Å². The second-order valence-electron chi connectivity index (χ2n) is 4.42. The summed E-state index contributed by atoms with van der Waals surface area (Å²) < 4.78 is 7.15. The number of benzene rings is 2. The van der Waals surface area contributed by atoms with Crippen LogP contribution in [0.4, 0.5) is 0 Å². The van der Waals surface area contributed by atoms with Gasteiger partial charge in [-0.1, -0.05) is 15.9 Å². The molecule has 0 aromatic heterocycles. The maximum Gasteiger partial charge on any atom is 0.193 e. The van der Waals surface area contributed by atoms with Crippen molar-refractivity contribution >= 4 is 37.6 Å². The number of ether oxygens (including phenoxy) is 1. The summed E-state index contributed by atoms with van der Waals surface area (Å²) in [7, 11) is 0. The van der Waals surface area contributed by atoms with Gasteiger partial charge in [-0.3, -0.25) is 4.79 Å². The van der Waals surface area contributed by atoms with Crippen molar-refractivity contribution in [2.24, 2.45) is 0 Å². The lowest BCUT2D eigenvalue weighted by molar-refractivity contribution is 0.103. The fourth-order valence-corrected chi connectivity index (χ4v) is 3.05. The van der Waals surface area contributed by atoms with Crippen LogP contribution in [-0.2, 0) is 0 Å². The molecule has 0 saturated heterocycles. The number of hydrogen-bond donors (Lipinski definition) is 0. The SMILES string of the molecule is CCOc1ccc(C(=O)c2cc(C)cc(Br)c2)cc1Br. The van der Waals surface area contributed by atoms with Crippen molar-refractivity contribution in [1.29, 1.82) is 0 Å². The molecule has 0 N–H and O–H groups in total. The van der Waals surface area contributed by atoms with Crippen molar-refractivity contribution < 1.29 is 9.53 Å². The molecule has 0 aliphatic carbocycles. The molecule has 0 atom stereocenters. The molecule has 0 spiro atoms. The summed E-state index contributed by atoms with van der Waals surface area (Å²) in [4.78, 5) is 12.5. The largest absolute Gasteiger partial charge is 0.493 e. The molecule has 2 rings (SSSR count). The fraction of sp³-hybridized carbons (Fsp3) is 0.188. The summed E-state index contributed by atoms with van der Waals surface area (Å²) in [6, 6.07) is 11.1. The number of aryl methyl sites for hydroxylation is 1. The quantitative estimate of drug-likeness (QED) is 0.667. The predicted octanol–water partition coefficient (Wildman–Crippen LogP) is 5.15. The van der Waals surface area contributed by atoms with E-state index in [4.69, 9.17) is 4.74 Å². The van der Waals surface area contributed by atoms with E-state index in [2.05, 4.69) is 31.9 Å². The van der Waals surface area contributed by atoms with Crippen LogP contribution in [0, 0.1) is 6.92 Å². The summed E-state index contributed by atoms with van der Waals surface area (Å²) in [6.45, 7) is 4.49. The van der Waals surface area contributed by atoms with Gasteiger partial charge in [-0.25, -0.2) is 0 Å². The number of rotatable bonds is 4. The molecule has 104 valence electrons. The van der Waals surface area contributed by atoms with Crippen molar-refractivity contribution in [3.63, 3.8) is 0 Å². The van der Waals surface area contributed by atoms with E-state index in [1.165, 1.54) is 0 Å². The first kappa shape index (κ1) is 15.3. The molecule has 2 nitrogen and oxygen atoms in total. The summed E-state index contributed by atoms with van der Waals surface area (Å²) in [6.07, 6.45) is 0. The first-order valence-corrected chi connectivity index (χ1v) is 7.84. The van der Waals surface area contributed by atoms with Gasteiger partial charge in [0.05, 0.1) is 11.1 Å². The average Bonchev–Trinajstić information content (AvgIpc) is 2.39. The van der Waals surface area contributed by atoms with Crippen LogP contribution in [0.15, 0.2) is 45.3 Å². The van der Waals surface area contributed by atoms with Crippen LogP contribution in [0.5, 0.6) is 5.75 Å². The Morgan fingerprint density at radius 3 is 2.45 bits per heavy atom. The third kappa shape index (κ3) is 3.49. The second kappa shape index (κ2) is 6.55. The minimum Gasteiger partial charge on any atom is -0.493 e. The Kier molecular flexibility index (Phi) is 5.00. The summed E-state index contributed by atoms with van der Waals surface area (Å²) in [5.41, 5.74) is 2.36. The van der Waals surface area contributed by atoms with Gasteiger partial charge in [0, 0.05) is 15.6 Å². The van der Waals surface area contributed by atoms with Crippen LogP contribution >= 0.6 is 31.9 Å². The predicted molar refractivity (Wildman–Crippen MR) is 87.6 cm³/mol. The lowest BCUT2D eigenvalue weighted by Gasteiger charge is -2.08. The molecule has 2 aromatic carbocycles. The van der Waals surface area contributed by atoms with Gasteiger partial charge in [0.25, 0.3) is 0 Å². The Morgan fingerprint density at radius 2 is 1.85 bits per heavy atom. The maximum absolute atomic E-state index is 12.5. The average molecular weight is 398 g/mol. The van der Waals surface area contributed by atoms with E-state index >= 15 is 0 Å². The highest BCUT2D eigenvalue weighted by Crippen LogP contribution is 2.27. The Hall–Kier alpha value is -1.13. The molecule has 0 bridgehead atoms. The van der Waals surface area contributed by atoms with Crippen LogP contribution in [-0.4, -0.2) is 12.4 Å². The number of ketones is 1. The van der Waals surface area contributed by atoms with Crippen LogP contribution in [0.1, 0.15) is 28.4 Å². The molecule has 20 heavy (non-hydrogen) atoms. The molecule has 0 aliphatic rings. The van der Waals surface area contributed by atoms with E-state index in [1.807, 2.05) is 38.1 Å². The molecule has 2 aromatic rings. The third-order valence-electron chi connectivity index (χ3n) is 2.80. The highest BCUT2D eigenvalue weighted by molar-refractivity contribution is 9.10. The number of carbonyl (C=O) groups is 1. The summed E-state index contributed by atoms with van der Waals surface area (Å²) >= 11 is 6.85. The normalized spacial score (nSPS) is 10.4. The van der Waals surface area contributed by atoms with Crippen molar-refractivity contribution in [1.82, 2.24) is 0 Å². The molecule has 0 aliphatic heterocycles. The number of carbonyl (C=O) groups excluding carboxylic acids is 1. The van der Waals surface area contributed by atoms with Crippen molar-refractivity contribution in [2.75, 3.05) is 6.61 Å². The minimum absolute atomic E-state index is 0.00171. The van der Waals surface area contributed by atoms with Gasteiger partial charge < -0.3 is 4.74 Å². The first-order chi connectivity index (χ1) is 9.51. The lowest BCUT2D eigenvalue weighted by Crippen LogP contribution is -2.02. The van der Waals surface area contributed by atoms with Crippen molar-refractivity contribution in [3.05, 3.63) is 62.0 Å². The van der Waals surface area contributed by atoms with E-state index < -0.39 is 0 Å². The second-order valence-corrected chi connectivity index (χ2v) is 6.19. The summed E-state index contributed by atoms with van der Waals surface area (Å²) in [5.74, 6) is 0.743. The van der Waals surface area contributed by atoms with Crippen LogP contribution < -0.4 is 4.74 Å². The van der Waals surface area contributed by atoms with Crippen LogP contribution in [0.25, 0.3) is 0 Å². The minimum atomic E-state index is -0.00171. The van der Waals surface area contributed by atoms with Gasteiger partial charge in [0.15, 0.2) is 5.78 Å². The molecule has 4 heteroatoms. The van der Waals surface area contributed by atoms with E-state index in [1.54, 1.807) is 12.1 Å². The molecule has 0 unspecified atom stereocenters. The van der Waals surface area contributed by atoms with Gasteiger partial charge in [-0.2, -0.15) is 0 Å². The van der Waals surface area contributed by atoms with Crippen molar-refractivity contribution in [2.45, 2.75) is 13.8 Å². The Balaban J connectivity index is 2.36. The molecular weight excluding hydrogens is 384 g/mol. The molecule has 0 amide bonds. The molecule has 0 fully saturated rings. The Morgan fingerprint density at radius 1 is 1.10 bits per heavy atom. The highest BCUT2D eigenvalue weighted by Gasteiger charge is 2.12. The molecular formula is C16H14Br2O2. The monoisotopic (exact) mass is 396 g/mol. The Bertz CT molecular complexity index is 631. The van der Waals surface area contributed by atoms with Crippen LogP contribution in [0.2, 0.25) is 0 Å². The maximum atomic E-state index is 12.5. The first-order valence-electron chi connectivity index (χ1n) is 6.25. The van der Waals surface area contributed by atoms with Crippen LogP contribution in [0.3, 0.4) is 0 Å². The highest BCUT2D eigenvalue weighted by atomic mass is 79.9. The van der Waals surface area contributed by atoms with Gasteiger partial charge in [-0.05, 0) is 71.7 Å². The van der Waals surface area contributed by atoms with Gasteiger partial charge in [0.2, 0.25) is 0 Å². The number of hydrogen-bond acceptors (Lipinski definition) is 2. The topological polar surface area (TPSA) is 26.3 Å². The smallest absolute Gasteiger partial charge is 0.193 e. The zero-order valence-electron chi connectivity index (χ0n) is 11.2. The molecule has 0 radical (unpaired) electrons. The molecule has 0 saturated carbocycles. The van der Waals surface area contributed by atoms with E-state index in [0.29, 0.717) is 17.7 Å². The zero-order chi connectivity index (χ0) is 14.7. The van der Waals surface area contributed by atoms with E-state index in [-0.39, 0.29) is 5.78 Å². The van der Waals surface area contributed by atoms with Gasteiger partial charge in [0.1, 0.15) is 5.75 Å².